The van der Waals surface area contributed by atoms with E-state index >= 15 is 0 Å². The summed E-state index contributed by atoms with van der Waals surface area (Å²) in [5.41, 5.74) is 4.27. The lowest BCUT2D eigenvalue weighted by molar-refractivity contribution is 0.766. The number of nitrogens with zero attached hydrogens (tertiary/aromatic N) is 1. The molecule has 2 rings (SSSR count). The van der Waals surface area contributed by atoms with Gasteiger partial charge < -0.3 is 4.90 Å². The second-order valence-corrected chi connectivity index (χ2v) is 5.13. The molecular formula is C15H21N. The molecule has 0 N–H and O–H groups in total. The van der Waals surface area contributed by atoms with Crippen molar-refractivity contribution in [3.63, 3.8) is 0 Å². The van der Waals surface area contributed by atoms with E-state index in [0.29, 0.717) is 12.0 Å². The molecule has 0 fully saturated rings. The lowest BCUT2D eigenvalue weighted by Gasteiger charge is -2.31. The fourth-order valence-electron chi connectivity index (χ4n) is 2.18. The van der Waals surface area contributed by atoms with Crippen LogP contribution in [0.2, 0.25) is 0 Å². The Kier molecular flexibility index (Phi) is 3.04. The van der Waals surface area contributed by atoms with Crippen LogP contribution in [0.5, 0.6) is 0 Å². The molecule has 1 nitrogen and oxygen atoms in total. The highest BCUT2D eigenvalue weighted by Crippen LogP contribution is 2.30. The lowest BCUT2D eigenvalue weighted by Crippen LogP contribution is -2.27. The highest BCUT2D eigenvalue weighted by atomic mass is 15.1. The predicted octanol–water partition coefficient (Wildman–Crippen LogP) is 4.09. The molecule has 0 radical (unpaired) electrons. The zero-order valence-corrected chi connectivity index (χ0v) is 10.7. The molecular weight excluding hydrogens is 194 g/mol. The molecule has 0 atom stereocenters. The number of benzene rings is 1. The molecule has 0 unspecified atom stereocenters. The molecule has 1 aromatic carbocycles. The zero-order valence-electron chi connectivity index (χ0n) is 10.7. The van der Waals surface area contributed by atoms with Gasteiger partial charge in [0, 0.05) is 17.9 Å². The average Bonchev–Trinajstić information content (AvgIpc) is 2.27. The Bertz CT molecular complexity index is 402. The predicted molar refractivity (Wildman–Crippen MR) is 71.0 cm³/mol. The van der Waals surface area contributed by atoms with Gasteiger partial charge in [-0.05, 0) is 43.4 Å². The molecule has 0 saturated carbocycles. The van der Waals surface area contributed by atoms with Crippen molar-refractivity contribution in [3.8, 4) is 0 Å². The Morgan fingerprint density at radius 1 is 1.12 bits per heavy atom. The van der Waals surface area contributed by atoms with Crippen LogP contribution in [0.4, 0.5) is 5.69 Å². The topological polar surface area (TPSA) is 3.24 Å². The summed E-state index contributed by atoms with van der Waals surface area (Å²) in [5.74, 6) is 0.602. The normalized spacial score (nSPS) is 14.8. The SMILES string of the molecule is CC(C)c1ccc2c(c1)N(C(C)C)C=CC2. The van der Waals surface area contributed by atoms with Crippen LogP contribution in [0.3, 0.4) is 0 Å². The van der Waals surface area contributed by atoms with E-state index in [2.05, 4.69) is 63.1 Å². The first-order valence-corrected chi connectivity index (χ1v) is 6.17. The van der Waals surface area contributed by atoms with Crippen LogP contribution < -0.4 is 4.90 Å². The van der Waals surface area contributed by atoms with Crippen LogP contribution in [-0.4, -0.2) is 6.04 Å². The third-order valence-corrected chi connectivity index (χ3v) is 3.21. The first kappa shape index (κ1) is 11.3. The van der Waals surface area contributed by atoms with E-state index in [1.54, 1.807) is 0 Å². The summed E-state index contributed by atoms with van der Waals surface area (Å²) >= 11 is 0. The van der Waals surface area contributed by atoms with E-state index < -0.39 is 0 Å². The van der Waals surface area contributed by atoms with Crippen LogP contribution in [0.1, 0.15) is 44.7 Å². The van der Waals surface area contributed by atoms with Crippen molar-refractivity contribution >= 4 is 5.69 Å². The summed E-state index contributed by atoms with van der Waals surface area (Å²) in [4.78, 5) is 2.37. The maximum atomic E-state index is 2.37. The summed E-state index contributed by atoms with van der Waals surface area (Å²) in [6.45, 7) is 8.98. The number of allylic oxidation sites excluding steroid dienone is 1. The summed E-state index contributed by atoms with van der Waals surface area (Å²) in [5, 5.41) is 0. The van der Waals surface area contributed by atoms with E-state index in [4.69, 9.17) is 0 Å². The molecule has 86 valence electrons. The van der Waals surface area contributed by atoms with Crippen molar-refractivity contribution in [3.05, 3.63) is 41.6 Å². The van der Waals surface area contributed by atoms with E-state index in [9.17, 15) is 0 Å². The van der Waals surface area contributed by atoms with Gasteiger partial charge in [-0.15, -0.1) is 0 Å². The van der Waals surface area contributed by atoms with Crippen LogP contribution in [0.25, 0.3) is 0 Å². The number of rotatable bonds is 2. The highest BCUT2D eigenvalue weighted by molar-refractivity contribution is 5.61. The molecule has 0 bridgehead atoms. The quantitative estimate of drug-likeness (QED) is 0.718. The minimum Gasteiger partial charge on any atom is -0.346 e. The molecule has 0 saturated heterocycles. The minimum atomic E-state index is 0.526. The van der Waals surface area contributed by atoms with Crippen molar-refractivity contribution < 1.29 is 0 Å². The monoisotopic (exact) mass is 215 g/mol. The Morgan fingerprint density at radius 3 is 2.50 bits per heavy atom. The second-order valence-electron chi connectivity index (χ2n) is 5.13. The number of hydrogen-bond acceptors (Lipinski definition) is 1. The summed E-state index contributed by atoms with van der Waals surface area (Å²) in [6.07, 6.45) is 5.53. The molecule has 1 heteroatoms. The highest BCUT2D eigenvalue weighted by Gasteiger charge is 2.16. The van der Waals surface area contributed by atoms with Gasteiger partial charge in [0.1, 0.15) is 0 Å². The van der Waals surface area contributed by atoms with E-state index in [1.807, 2.05) is 0 Å². The van der Waals surface area contributed by atoms with Gasteiger partial charge >= 0.3 is 0 Å². The first-order valence-electron chi connectivity index (χ1n) is 6.17. The van der Waals surface area contributed by atoms with Gasteiger partial charge in [-0.2, -0.15) is 0 Å². The summed E-state index contributed by atoms with van der Waals surface area (Å²) in [6, 6.07) is 7.42. The van der Waals surface area contributed by atoms with Crippen LogP contribution in [0, 0.1) is 0 Å². The fourth-order valence-corrected chi connectivity index (χ4v) is 2.18. The number of fused-ring (bicyclic) bond motifs is 1. The zero-order chi connectivity index (χ0) is 11.7. The largest absolute Gasteiger partial charge is 0.346 e. The minimum absolute atomic E-state index is 0.526. The van der Waals surface area contributed by atoms with Gasteiger partial charge in [0.05, 0.1) is 0 Å². The Hall–Kier alpha value is -1.24. The van der Waals surface area contributed by atoms with Gasteiger partial charge in [-0.3, -0.25) is 0 Å². The third kappa shape index (κ3) is 1.99. The van der Waals surface area contributed by atoms with Gasteiger partial charge in [-0.1, -0.05) is 32.1 Å². The van der Waals surface area contributed by atoms with E-state index in [-0.39, 0.29) is 0 Å². The van der Waals surface area contributed by atoms with E-state index in [1.165, 1.54) is 16.8 Å². The Labute approximate surface area is 98.8 Å². The first-order chi connectivity index (χ1) is 7.59. The van der Waals surface area contributed by atoms with E-state index in [0.717, 1.165) is 6.42 Å². The molecule has 1 aromatic rings. The summed E-state index contributed by atoms with van der Waals surface area (Å²) in [7, 11) is 0. The molecule has 1 heterocycles. The molecule has 16 heavy (non-hydrogen) atoms. The van der Waals surface area contributed by atoms with Gasteiger partial charge in [-0.25, -0.2) is 0 Å². The van der Waals surface area contributed by atoms with Crippen molar-refractivity contribution in [2.75, 3.05) is 4.90 Å². The second kappa shape index (κ2) is 4.32. The van der Waals surface area contributed by atoms with Crippen molar-refractivity contribution in [2.24, 2.45) is 0 Å². The van der Waals surface area contributed by atoms with Crippen molar-refractivity contribution in [1.82, 2.24) is 0 Å². The van der Waals surface area contributed by atoms with Gasteiger partial charge in [0.25, 0.3) is 0 Å². The number of hydrogen-bond donors (Lipinski definition) is 0. The smallest absolute Gasteiger partial charge is 0.0447 e. The maximum absolute atomic E-state index is 2.37. The summed E-state index contributed by atoms with van der Waals surface area (Å²) < 4.78 is 0. The van der Waals surface area contributed by atoms with Crippen molar-refractivity contribution in [1.29, 1.82) is 0 Å². The molecule has 0 aliphatic carbocycles. The standard InChI is InChI=1S/C15H21N/c1-11(2)14-8-7-13-6-5-9-16(12(3)4)15(13)10-14/h5,7-12H,6H2,1-4H3. The van der Waals surface area contributed by atoms with Crippen LogP contribution >= 0.6 is 0 Å². The fraction of sp³-hybridized carbons (Fsp3) is 0.467. The molecule has 0 aromatic heterocycles. The Morgan fingerprint density at radius 2 is 1.88 bits per heavy atom. The molecule has 0 amide bonds. The van der Waals surface area contributed by atoms with Gasteiger partial charge in [0.15, 0.2) is 0 Å². The Balaban J connectivity index is 2.44. The molecule has 0 spiro atoms. The van der Waals surface area contributed by atoms with Crippen molar-refractivity contribution in [2.45, 2.75) is 46.1 Å². The molecule has 1 aliphatic heterocycles. The van der Waals surface area contributed by atoms with Crippen LogP contribution in [-0.2, 0) is 6.42 Å². The van der Waals surface area contributed by atoms with Crippen LogP contribution in [0.15, 0.2) is 30.5 Å². The molecule has 1 aliphatic rings. The third-order valence-electron chi connectivity index (χ3n) is 3.21. The lowest BCUT2D eigenvalue weighted by atomic mass is 9.96. The average molecular weight is 215 g/mol. The maximum Gasteiger partial charge on any atom is 0.0447 e. The van der Waals surface area contributed by atoms with Gasteiger partial charge in [0.2, 0.25) is 0 Å². The number of anilines is 1.